The van der Waals surface area contributed by atoms with E-state index in [0.717, 1.165) is 26.2 Å². The van der Waals surface area contributed by atoms with Crippen molar-refractivity contribution in [3.63, 3.8) is 0 Å². The zero-order chi connectivity index (χ0) is 16.4. The normalized spacial score (nSPS) is 17.2. The average Bonchev–Trinajstić information content (AvgIpc) is 2.51. The molecule has 0 bridgehead atoms. The first-order valence-electron chi connectivity index (χ1n) is 8.02. The summed E-state index contributed by atoms with van der Waals surface area (Å²) in [5, 5.41) is 4.65. The largest absolute Gasteiger partial charge is 0.314 e. The maximum Gasteiger partial charge on any atom is 0.0603 e. The van der Waals surface area contributed by atoms with Gasteiger partial charge in [0.05, 0.1) is 16.1 Å². The molecule has 4 heteroatoms. The molecule has 0 amide bonds. The molecule has 3 rings (SSSR count). The molecule has 1 N–H and O–H groups in total. The zero-order valence-electron chi connectivity index (χ0n) is 13.6. The van der Waals surface area contributed by atoms with E-state index in [1.807, 2.05) is 12.1 Å². The standard InChI is InChI=1S/C19H22Cl2N2/c1-13-9-14(2)11-16(10-13)19(23-7-5-22-6-8-23)15-3-4-17(20)18(21)12-15/h3-4,9-12,19,22H,5-8H2,1-2H3. The number of nitrogens with one attached hydrogen (secondary N) is 1. The minimum atomic E-state index is 0.213. The maximum absolute atomic E-state index is 6.28. The predicted octanol–water partition coefficient (Wildman–Crippen LogP) is 4.60. The van der Waals surface area contributed by atoms with E-state index < -0.39 is 0 Å². The highest BCUT2D eigenvalue weighted by atomic mass is 35.5. The minimum Gasteiger partial charge on any atom is -0.314 e. The van der Waals surface area contributed by atoms with Crippen LogP contribution in [-0.4, -0.2) is 31.1 Å². The molecule has 1 heterocycles. The third kappa shape index (κ3) is 3.89. The van der Waals surface area contributed by atoms with Crippen LogP contribution < -0.4 is 5.32 Å². The first-order valence-corrected chi connectivity index (χ1v) is 8.78. The summed E-state index contributed by atoms with van der Waals surface area (Å²) in [5.74, 6) is 0. The minimum absolute atomic E-state index is 0.213. The average molecular weight is 349 g/mol. The highest BCUT2D eigenvalue weighted by Gasteiger charge is 2.24. The smallest absolute Gasteiger partial charge is 0.0603 e. The first kappa shape index (κ1) is 16.8. The van der Waals surface area contributed by atoms with Crippen LogP contribution in [0.4, 0.5) is 0 Å². The van der Waals surface area contributed by atoms with Gasteiger partial charge in [0.1, 0.15) is 0 Å². The number of rotatable bonds is 3. The van der Waals surface area contributed by atoms with Crippen LogP contribution in [0.25, 0.3) is 0 Å². The van der Waals surface area contributed by atoms with Gasteiger partial charge >= 0.3 is 0 Å². The molecule has 2 aromatic carbocycles. The van der Waals surface area contributed by atoms with Crippen molar-refractivity contribution in [1.29, 1.82) is 0 Å². The summed E-state index contributed by atoms with van der Waals surface area (Å²) in [5.41, 5.74) is 5.11. The predicted molar refractivity (Wildman–Crippen MR) is 98.7 cm³/mol. The number of benzene rings is 2. The molecule has 122 valence electrons. The monoisotopic (exact) mass is 348 g/mol. The van der Waals surface area contributed by atoms with Crippen LogP contribution in [0.5, 0.6) is 0 Å². The van der Waals surface area contributed by atoms with E-state index in [4.69, 9.17) is 23.2 Å². The molecule has 1 aliphatic rings. The second kappa shape index (κ2) is 7.23. The van der Waals surface area contributed by atoms with Crippen molar-refractivity contribution in [3.8, 4) is 0 Å². The van der Waals surface area contributed by atoms with Gasteiger partial charge in [-0.15, -0.1) is 0 Å². The van der Waals surface area contributed by atoms with Crippen molar-refractivity contribution in [3.05, 3.63) is 68.7 Å². The summed E-state index contributed by atoms with van der Waals surface area (Å²) >= 11 is 12.4. The molecular weight excluding hydrogens is 327 g/mol. The van der Waals surface area contributed by atoms with Gasteiger partial charge in [-0.1, -0.05) is 58.6 Å². The van der Waals surface area contributed by atoms with Crippen molar-refractivity contribution < 1.29 is 0 Å². The van der Waals surface area contributed by atoms with Crippen LogP contribution in [0, 0.1) is 13.8 Å². The van der Waals surface area contributed by atoms with Crippen molar-refractivity contribution in [2.75, 3.05) is 26.2 Å². The van der Waals surface area contributed by atoms with Gasteiger partial charge in [-0.3, -0.25) is 4.90 Å². The summed E-state index contributed by atoms with van der Waals surface area (Å²) in [4.78, 5) is 2.52. The molecule has 0 aliphatic carbocycles. The molecule has 0 aromatic heterocycles. The molecule has 0 spiro atoms. The molecule has 0 radical (unpaired) electrons. The van der Waals surface area contributed by atoms with Gasteiger partial charge < -0.3 is 5.32 Å². The Bertz CT molecular complexity index is 674. The Hall–Kier alpha value is -1.06. The molecule has 0 saturated carbocycles. The van der Waals surface area contributed by atoms with E-state index in [2.05, 4.69) is 48.3 Å². The van der Waals surface area contributed by atoms with Gasteiger partial charge in [-0.2, -0.15) is 0 Å². The number of hydrogen-bond donors (Lipinski definition) is 1. The third-order valence-corrected chi connectivity index (χ3v) is 5.07. The fourth-order valence-electron chi connectivity index (χ4n) is 3.40. The summed E-state index contributed by atoms with van der Waals surface area (Å²) in [6, 6.07) is 13.0. The van der Waals surface area contributed by atoms with E-state index in [1.54, 1.807) is 0 Å². The summed E-state index contributed by atoms with van der Waals surface area (Å²) < 4.78 is 0. The van der Waals surface area contributed by atoms with E-state index in [-0.39, 0.29) is 6.04 Å². The Morgan fingerprint density at radius 2 is 1.52 bits per heavy atom. The van der Waals surface area contributed by atoms with Crippen LogP contribution in [-0.2, 0) is 0 Å². The van der Waals surface area contributed by atoms with Crippen LogP contribution in [0.2, 0.25) is 10.0 Å². The summed E-state index contributed by atoms with van der Waals surface area (Å²) in [6.45, 7) is 8.39. The number of aryl methyl sites for hydroxylation is 2. The fourth-order valence-corrected chi connectivity index (χ4v) is 3.71. The van der Waals surface area contributed by atoms with Crippen LogP contribution in [0.15, 0.2) is 36.4 Å². The lowest BCUT2D eigenvalue weighted by Crippen LogP contribution is -2.45. The molecule has 1 aliphatic heterocycles. The molecule has 1 atom stereocenters. The van der Waals surface area contributed by atoms with Crippen molar-refractivity contribution in [2.45, 2.75) is 19.9 Å². The molecule has 1 fully saturated rings. The number of hydrogen-bond acceptors (Lipinski definition) is 2. The lowest BCUT2D eigenvalue weighted by atomic mass is 9.94. The first-order chi connectivity index (χ1) is 11.0. The van der Waals surface area contributed by atoms with Gasteiger partial charge in [0, 0.05) is 26.2 Å². The van der Waals surface area contributed by atoms with E-state index in [0.29, 0.717) is 10.0 Å². The molecule has 2 aromatic rings. The van der Waals surface area contributed by atoms with Crippen LogP contribution in [0.1, 0.15) is 28.3 Å². The fraction of sp³-hybridized carbons (Fsp3) is 0.368. The third-order valence-electron chi connectivity index (χ3n) is 4.34. The topological polar surface area (TPSA) is 15.3 Å². The lowest BCUT2D eigenvalue weighted by molar-refractivity contribution is 0.198. The van der Waals surface area contributed by atoms with Crippen LogP contribution >= 0.6 is 23.2 Å². The van der Waals surface area contributed by atoms with E-state index in [1.165, 1.54) is 22.3 Å². The highest BCUT2D eigenvalue weighted by Crippen LogP contribution is 2.33. The van der Waals surface area contributed by atoms with Gasteiger partial charge in [-0.25, -0.2) is 0 Å². The summed E-state index contributed by atoms with van der Waals surface area (Å²) in [7, 11) is 0. The quantitative estimate of drug-likeness (QED) is 0.871. The molecular formula is C19H22Cl2N2. The zero-order valence-corrected chi connectivity index (χ0v) is 15.1. The number of halogens is 2. The Labute approximate surface area is 148 Å². The molecule has 1 unspecified atom stereocenters. The Morgan fingerprint density at radius 3 is 2.13 bits per heavy atom. The van der Waals surface area contributed by atoms with E-state index >= 15 is 0 Å². The summed E-state index contributed by atoms with van der Waals surface area (Å²) in [6.07, 6.45) is 0. The molecule has 23 heavy (non-hydrogen) atoms. The van der Waals surface area contributed by atoms with Gasteiger partial charge in [0.2, 0.25) is 0 Å². The second-order valence-corrected chi connectivity index (χ2v) is 7.10. The molecule has 2 nitrogen and oxygen atoms in total. The van der Waals surface area contributed by atoms with E-state index in [9.17, 15) is 0 Å². The van der Waals surface area contributed by atoms with Gasteiger partial charge in [-0.05, 0) is 37.1 Å². The van der Waals surface area contributed by atoms with Crippen molar-refractivity contribution >= 4 is 23.2 Å². The van der Waals surface area contributed by atoms with Crippen molar-refractivity contribution in [2.24, 2.45) is 0 Å². The number of nitrogens with zero attached hydrogens (tertiary/aromatic N) is 1. The van der Waals surface area contributed by atoms with Crippen LogP contribution in [0.3, 0.4) is 0 Å². The Kier molecular flexibility index (Phi) is 5.27. The Balaban J connectivity index is 2.06. The van der Waals surface area contributed by atoms with Crippen molar-refractivity contribution in [1.82, 2.24) is 10.2 Å². The maximum atomic E-state index is 6.28. The van der Waals surface area contributed by atoms with Gasteiger partial charge in [0.15, 0.2) is 0 Å². The number of piperazine rings is 1. The second-order valence-electron chi connectivity index (χ2n) is 6.28. The SMILES string of the molecule is Cc1cc(C)cc(C(c2ccc(Cl)c(Cl)c2)N2CCNCC2)c1. The molecule has 1 saturated heterocycles. The van der Waals surface area contributed by atoms with Gasteiger partial charge in [0.25, 0.3) is 0 Å². The lowest BCUT2D eigenvalue weighted by Gasteiger charge is -2.36. The highest BCUT2D eigenvalue weighted by molar-refractivity contribution is 6.42. The Morgan fingerprint density at radius 1 is 0.870 bits per heavy atom.